The van der Waals surface area contributed by atoms with Crippen LogP contribution in [-0.2, 0) is 4.74 Å². The molecule has 0 aromatic heterocycles. The van der Waals surface area contributed by atoms with Gasteiger partial charge in [-0.25, -0.2) is 0 Å². The molecule has 0 fully saturated rings. The van der Waals surface area contributed by atoms with Crippen LogP contribution < -0.4 is 10.5 Å². The number of hydrogen-bond acceptors (Lipinski definition) is 3. The number of benzene rings is 2. The SMILES string of the molecule is CCOC(CN)CCOc1ccccc1-c1ccccc1. The molecule has 0 aliphatic carbocycles. The molecule has 1 atom stereocenters. The summed E-state index contributed by atoms with van der Waals surface area (Å²) >= 11 is 0. The van der Waals surface area contributed by atoms with Crippen LogP contribution in [0, 0.1) is 0 Å². The highest BCUT2D eigenvalue weighted by atomic mass is 16.5. The molecule has 0 bridgehead atoms. The number of ether oxygens (including phenoxy) is 2. The molecule has 3 heteroatoms. The van der Waals surface area contributed by atoms with Crippen molar-refractivity contribution in [1.29, 1.82) is 0 Å². The molecule has 0 spiro atoms. The first-order chi connectivity index (χ1) is 10.3. The third kappa shape index (κ3) is 4.59. The monoisotopic (exact) mass is 285 g/mol. The van der Waals surface area contributed by atoms with Crippen molar-refractivity contribution in [2.24, 2.45) is 5.73 Å². The molecule has 1 unspecified atom stereocenters. The Morgan fingerprint density at radius 3 is 2.43 bits per heavy atom. The van der Waals surface area contributed by atoms with E-state index in [1.807, 2.05) is 43.3 Å². The van der Waals surface area contributed by atoms with Gasteiger partial charge in [-0.2, -0.15) is 0 Å². The molecule has 112 valence electrons. The Labute approximate surface area is 126 Å². The summed E-state index contributed by atoms with van der Waals surface area (Å²) in [6.07, 6.45) is 0.867. The van der Waals surface area contributed by atoms with Gasteiger partial charge in [-0.15, -0.1) is 0 Å². The van der Waals surface area contributed by atoms with Gasteiger partial charge in [0.25, 0.3) is 0 Å². The Bertz CT molecular complexity index is 528. The quantitative estimate of drug-likeness (QED) is 0.807. The van der Waals surface area contributed by atoms with E-state index >= 15 is 0 Å². The molecule has 3 nitrogen and oxygen atoms in total. The first-order valence-electron chi connectivity index (χ1n) is 7.44. The number of para-hydroxylation sites is 1. The second kappa shape index (κ2) is 8.45. The molecule has 0 aliphatic rings. The van der Waals surface area contributed by atoms with E-state index in [-0.39, 0.29) is 6.10 Å². The summed E-state index contributed by atoms with van der Waals surface area (Å²) in [5.74, 6) is 0.899. The molecule has 0 aliphatic heterocycles. The highest BCUT2D eigenvalue weighted by molar-refractivity contribution is 5.70. The predicted molar refractivity (Wildman–Crippen MR) is 86.5 cm³/mol. The molecule has 2 N–H and O–H groups in total. The Balaban J connectivity index is 2.01. The van der Waals surface area contributed by atoms with Gasteiger partial charge in [-0.1, -0.05) is 48.5 Å². The minimum Gasteiger partial charge on any atom is -0.493 e. The molecule has 0 heterocycles. The Morgan fingerprint density at radius 2 is 1.71 bits per heavy atom. The van der Waals surface area contributed by atoms with E-state index in [4.69, 9.17) is 15.2 Å². The Hall–Kier alpha value is -1.84. The zero-order chi connectivity index (χ0) is 14.9. The van der Waals surface area contributed by atoms with Crippen LogP contribution in [0.1, 0.15) is 13.3 Å². The maximum absolute atomic E-state index is 5.93. The van der Waals surface area contributed by atoms with Crippen molar-refractivity contribution in [3.05, 3.63) is 54.6 Å². The second-order valence-electron chi connectivity index (χ2n) is 4.81. The molecule has 21 heavy (non-hydrogen) atoms. The molecular formula is C18H23NO2. The Morgan fingerprint density at radius 1 is 1.00 bits per heavy atom. The summed E-state index contributed by atoms with van der Waals surface area (Å²) in [7, 11) is 0. The summed E-state index contributed by atoms with van der Waals surface area (Å²) in [6, 6.07) is 18.4. The van der Waals surface area contributed by atoms with Gasteiger partial charge in [0.05, 0.1) is 12.7 Å². The van der Waals surface area contributed by atoms with Crippen LogP contribution in [-0.4, -0.2) is 25.9 Å². The maximum Gasteiger partial charge on any atom is 0.127 e. The highest BCUT2D eigenvalue weighted by Gasteiger charge is 2.08. The van der Waals surface area contributed by atoms with Crippen molar-refractivity contribution in [2.45, 2.75) is 19.4 Å². The van der Waals surface area contributed by atoms with Crippen LogP contribution in [0.2, 0.25) is 0 Å². The van der Waals surface area contributed by atoms with Crippen molar-refractivity contribution in [3.63, 3.8) is 0 Å². The zero-order valence-corrected chi connectivity index (χ0v) is 12.5. The number of nitrogens with two attached hydrogens (primary N) is 1. The smallest absolute Gasteiger partial charge is 0.127 e. The zero-order valence-electron chi connectivity index (χ0n) is 12.5. The first kappa shape index (κ1) is 15.5. The van der Waals surface area contributed by atoms with Crippen LogP contribution in [0.15, 0.2) is 54.6 Å². The maximum atomic E-state index is 5.93. The third-order valence-electron chi connectivity index (χ3n) is 3.33. The average molecular weight is 285 g/mol. The first-order valence-corrected chi connectivity index (χ1v) is 7.44. The van der Waals surface area contributed by atoms with Gasteiger partial charge in [0, 0.05) is 25.1 Å². The van der Waals surface area contributed by atoms with E-state index in [1.54, 1.807) is 0 Å². The summed E-state index contributed by atoms with van der Waals surface area (Å²) in [6.45, 7) is 3.79. The number of rotatable bonds is 8. The summed E-state index contributed by atoms with van der Waals surface area (Å²) in [5.41, 5.74) is 7.95. The van der Waals surface area contributed by atoms with Crippen LogP contribution in [0.4, 0.5) is 0 Å². The largest absolute Gasteiger partial charge is 0.493 e. The van der Waals surface area contributed by atoms with Gasteiger partial charge in [0.15, 0.2) is 0 Å². The van der Waals surface area contributed by atoms with E-state index < -0.39 is 0 Å². The van der Waals surface area contributed by atoms with Crippen LogP contribution >= 0.6 is 0 Å². The van der Waals surface area contributed by atoms with E-state index in [1.165, 1.54) is 0 Å². The van der Waals surface area contributed by atoms with Crippen LogP contribution in [0.5, 0.6) is 5.75 Å². The van der Waals surface area contributed by atoms with E-state index in [9.17, 15) is 0 Å². The lowest BCUT2D eigenvalue weighted by Gasteiger charge is -2.16. The molecule has 2 aromatic carbocycles. The van der Waals surface area contributed by atoms with Gasteiger partial charge in [0.2, 0.25) is 0 Å². The fourth-order valence-corrected chi connectivity index (χ4v) is 2.25. The molecule has 0 saturated heterocycles. The molecule has 0 saturated carbocycles. The lowest BCUT2D eigenvalue weighted by atomic mass is 10.1. The summed E-state index contributed by atoms with van der Waals surface area (Å²) in [4.78, 5) is 0. The van der Waals surface area contributed by atoms with Gasteiger partial charge < -0.3 is 15.2 Å². The van der Waals surface area contributed by atoms with Gasteiger partial charge in [0.1, 0.15) is 5.75 Å². The topological polar surface area (TPSA) is 44.5 Å². The van der Waals surface area contributed by atoms with Gasteiger partial charge in [-0.05, 0) is 18.6 Å². The lowest BCUT2D eigenvalue weighted by Crippen LogP contribution is -2.25. The van der Waals surface area contributed by atoms with Crippen molar-refractivity contribution in [2.75, 3.05) is 19.8 Å². The van der Waals surface area contributed by atoms with Gasteiger partial charge in [-0.3, -0.25) is 0 Å². The summed E-state index contributed by atoms with van der Waals surface area (Å²) < 4.78 is 11.5. The standard InChI is InChI=1S/C18H23NO2/c1-2-20-16(14-19)12-13-21-18-11-7-6-10-17(18)15-8-4-3-5-9-15/h3-11,16H,2,12-14,19H2,1H3. The van der Waals surface area contributed by atoms with Crippen molar-refractivity contribution >= 4 is 0 Å². The Kier molecular flexibility index (Phi) is 6.25. The minimum absolute atomic E-state index is 0.0684. The predicted octanol–water partition coefficient (Wildman–Crippen LogP) is 3.49. The van der Waals surface area contributed by atoms with Crippen molar-refractivity contribution < 1.29 is 9.47 Å². The van der Waals surface area contributed by atoms with E-state index in [2.05, 4.69) is 18.2 Å². The van der Waals surface area contributed by atoms with Crippen molar-refractivity contribution in [3.8, 4) is 16.9 Å². The molecule has 0 amide bonds. The number of hydrogen-bond donors (Lipinski definition) is 1. The highest BCUT2D eigenvalue weighted by Crippen LogP contribution is 2.29. The third-order valence-corrected chi connectivity index (χ3v) is 3.33. The average Bonchev–Trinajstić information content (AvgIpc) is 2.55. The molecular weight excluding hydrogens is 262 g/mol. The normalized spacial score (nSPS) is 12.1. The van der Waals surface area contributed by atoms with E-state index in [0.717, 1.165) is 23.3 Å². The fourth-order valence-electron chi connectivity index (χ4n) is 2.25. The van der Waals surface area contributed by atoms with Gasteiger partial charge >= 0.3 is 0 Å². The lowest BCUT2D eigenvalue weighted by molar-refractivity contribution is 0.0527. The molecule has 0 radical (unpaired) electrons. The molecule has 2 aromatic rings. The summed E-state index contributed by atoms with van der Waals surface area (Å²) in [5, 5.41) is 0. The van der Waals surface area contributed by atoms with Crippen LogP contribution in [0.3, 0.4) is 0 Å². The fraction of sp³-hybridized carbons (Fsp3) is 0.333. The second-order valence-corrected chi connectivity index (χ2v) is 4.81. The van der Waals surface area contributed by atoms with Crippen molar-refractivity contribution in [1.82, 2.24) is 0 Å². The molecule has 2 rings (SSSR count). The van der Waals surface area contributed by atoms with Crippen LogP contribution in [0.25, 0.3) is 11.1 Å². The van der Waals surface area contributed by atoms with E-state index in [0.29, 0.717) is 19.8 Å². The minimum atomic E-state index is 0.0684.